The second-order valence-electron chi connectivity index (χ2n) is 4.38. The van der Waals surface area contributed by atoms with Crippen LogP contribution in [0.1, 0.15) is 5.56 Å². The molecule has 0 unspecified atom stereocenters. The molecule has 0 bridgehead atoms. The summed E-state index contributed by atoms with van der Waals surface area (Å²) in [5.74, 6) is -0.271. The molecule has 0 N–H and O–H groups in total. The van der Waals surface area contributed by atoms with E-state index < -0.39 is 0 Å². The minimum absolute atomic E-state index is 0.222. The maximum absolute atomic E-state index is 11.2. The molecule has 0 radical (unpaired) electrons. The average Bonchev–Trinajstić information content (AvgIpc) is 2.39. The van der Waals surface area contributed by atoms with Crippen LogP contribution in [0.4, 0.5) is 0 Å². The van der Waals surface area contributed by atoms with Crippen LogP contribution >= 0.6 is 11.6 Å². The molecule has 1 aromatic carbocycles. The van der Waals surface area contributed by atoms with Crippen molar-refractivity contribution < 1.29 is 9.53 Å². The maximum Gasteiger partial charge on any atom is 0.319 e. The van der Waals surface area contributed by atoms with Gasteiger partial charge < -0.3 is 4.74 Å². The van der Waals surface area contributed by atoms with E-state index in [-0.39, 0.29) is 12.5 Å². The second-order valence-corrected chi connectivity index (χ2v) is 4.74. The van der Waals surface area contributed by atoms with Crippen LogP contribution in [0.3, 0.4) is 0 Å². The van der Waals surface area contributed by atoms with E-state index in [0.29, 0.717) is 11.7 Å². The molecule has 0 saturated heterocycles. The third kappa shape index (κ3) is 3.43. The van der Waals surface area contributed by atoms with Crippen molar-refractivity contribution in [2.24, 2.45) is 0 Å². The van der Waals surface area contributed by atoms with Gasteiger partial charge in [-0.3, -0.25) is 9.69 Å². The normalized spacial score (nSPS) is 10.9. The van der Waals surface area contributed by atoms with Crippen molar-refractivity contribution in [2.45, 2.75) is 6.54 Å². The van der Waals surface area contributed by atoms with E-state index in [1.807, 2.05) is 42.3 Å². The SMILES string of the molecule is COC(=O)CN(C)Cc1cc2ccccc2nc1Cl. The van der Waals surface area contributed by atoms with Gasteiger partial charge in [0.25, 0.3) is 0 Å². The molecule has 0 saturated carbocycles. The van der Waals surface area contributed by atoms with Crippen LogP contribution in [0.15, 0.2) is 30.3 Å². The fourth-order valence-corrected chi connectivity index (χ4v) is 2.08. The highest BCUT2D eigenvalue weighted by Gasteiger charge is 2.10. The summed E-state index contributed by atoms with van der Waals surface area (Å²) in [5, 5.41) is 1.50. The minimum atomic E-state index is -0.271. The van der Waals surface area contributed by atoms with Gasteiger partial charge in [0.1, 0.15) is 5.15 Å². The number of fused-ring (bicyclic) bond motifs is 1. The number of rotatable bonds is 4. The molecule has 1 heterocycles. The minimum Gasteiger partial charge on any atom is -0.468 e. The lowest BCUT2D eigenvalue weighted by molar-refractivity contribution is -0.141. The number of hydrogen-bond acceptors (Lipinski definition) is 4. The molecule has 2 aromatic rings. The van der Waals surface area contributed by atoms with Gasteiger partial charge in [-0.15, -0.1) is 0 Å². The number of methoxy groups -OCH3 is 1. The number of para-hydroxylation sites is 1. The van der Waals surface area contributed by atoms with E-state index in [4.69, 9.17) is 11.6 Å². The van der Waals surface area contributed by atoms with Gasteiger partial charge in [0.15, 0.2) is 0 Å². The molecule has 2 rings (SSSR count). The monoisotopic (exact) mass is 278 g/mol. The van der Waals surface area contributed by atoms with Crippen molar-refractivity contribution in [3.63, 3.8) is 0 Å². The summed E-state index contributed by atoms with van der Waals surface area (Å²) >= 11 is 6.16. The highest BCUT2D eigenvalue weighted by molar-refractivity contribution is 6.30. The number of likely N-dealkylation sites (N-methyl/N-ethyl adjacent to an activating group) is 1. The van der Waals surface area contributed by atoms with Crippen LogP contribution in [-0.2, 0) is 16.1 Å². The molecule has 0 spiro atoms. The fraction of sp³-hybridized carbons (Fsp3) is 0.286. The van der Waals surface area contributed by atoms with Gasteiger partial charge in [-0.25, -0.2) is 4.98 Å². The smallest absolute Gasteiger partial charge is 0.319 e. The van der Waals surface area contributed by atoms with E-state index >= 15 is 0 Å². The zero-order valence-electron chi connectivity index (χ0n) is 10.9. The molecule has 5 heteroatoms. The Labute approximate surface area is 116 Å². The van der Waals surface area contributed by atoms with Crippen LogP contribution in [0.25, 0.3) is 10.9 Å². The van der Waals surface area contributed by atoms with Crippen molar-refractivity contribution in [3.05, 3.63) is 41.0 Å². The zero-order chi connectivity index (χ0) is 13.8. The van der Waals surface area contributed by atoms with Crippen LogP contribution in [0.5, 0.6) is 0 Å². The number of ether oxygens (including phenoxy) is 1. The lowest BCUT2D eigenvalue weighted by Crippen LogP contribution is -2.26. The van der Waals surface area contributed by atoms with Crippen molar-refractivity contribution in [3.8, 4) is 0 Å². The molecule has 0 aliphatic heterocycles. The summed E-state index contributed by atoms with van der Waals surface area (Å²) in [7, 11) is 3.21. The third-order valence-electron chi connectivity index (χ3n) is 2.82. The number of hydrogen-bond donors (Lipinski definition) is 0. The van der Waals surface area contributed by atoms with Gasteiger partial charge in [-0.2, -0.15) is 0 Å². The summed E-state index contributed by atoms with van der Waals surface area (Å²) in [4.78, 5) is 17.4. The molecule has 0 amide bonds. The molecular weight excluding hydrogens is 264 g/mol. The Balaban J connectivity index is 2.20. The third-order valence-corrected chi connectivity index (χ3v) is 3.14. The zero-order valence-corrected chi connectivity index (χ0v) is 11.6. The summed E-state index contributed by atoms with van der Waals surface area (Å²) in [6, 6.07) is 9.79. The number of benzene rings is 1. The van der Waals surface area contributed by atoms with Gasteiger partial charge in [0, 0.05) is 17.5 Å². The first-order valence-corrected chi connectivity index (χ1v) is 6.27. The van der Waals surface area contributed by atoms with Gasteiger partial charge in [0.05, 0.1) is 19.2 Å². The molecule has 19 heavy (non-hydrogen) atoms. The molecule has 0 fully saturated rings. The molecule has 4 nitrogen and oxygen atoms in total. The van der Waals surface area contributed by atoms with Gasteiger partial charge in [-0.1, -0.05) is 29.8 Å². The quantitative estimate of drug-likeness (QED) is 0.637. The van der Waals surface area contributed by atoms with Crippen LogP contribution in [0.2, 0.25) is 5.15 Å². The van der Waals surface area contributed by atoms with Crippen molar-refractivity contribution in [2.75, 3.05) is 20.7 Å². The van der Waals surface area contributed by atoms with E-state index in [2.05, 4.69) is 9.72 Å². The summed E-state index contributed by atoms with van der Waals surface area (Å²) in [5.41, 5.74) is 1.76. The van der Waals surface area contributed by atoms with Gasteiger partial charge in [0.2, 0.25) is 0 Å². The molecule has 100 valence electrons. The second kappa shape index (κ2) is 5.99. The molecule has 0 atom stereocenters. The molecular formula is C14H15ClN2O2. The number of carbonyl (C=O) groups excluding carboxylic acids is 1. The summed E-state index contributed by atoms with van der Waals surface area (Å²) in [6.45, 7) is 0.769. The van der Waals surface area contributed by atoms with Crippen molar-refractivity contribution in [1.82, 2.24) is 9.88 Å². The number of esters is 1. The Kier molecular flexibility index (Phi) is 4.35. The van der Waals surface area contributed by atoms with Crippen molar-refractivity contribution >= 4 is 28.5 Å². The Hall–Kier alpha value is -1.65. The van der Waals surface area contributed by atoms with E-state index in [9.17, 15) is 4.79 Å². The van der Waals surface area contributed by atoms with Gasteiger partial charge in [-0.05, 0) is 19.2 Å². The summed E-state index contributed by atoms with van der Waals surface area (Å²) < 4.78 is 4.63. The number of halogens is 1. The van der Waals surface area contributed by atoms with Gasteiger partial charge >= 0.3 is 5.97 Å². The number of pyridine rings is 1. The fourth-order valence-electron chi connectivity index (χ4n) is 1.88. The Morgan fingerprint density at radius 2 is 2.16 bits per heavy atom. The Bertz CT molecular complexity index is 601. The predicted molar refractivity (Wildman–Crippen MR) is 75.1 cm³/mol. The first-order valence-electron chi connectivity index (χ1n) is 5.89. The predicted octanol–water partition coefficient (Wildman–Crippen LogP) is 2.49. The van der Waals surface area contributed by atoms with Crippen LogP contribution in [0, 0.1) is 0 Å². The van der Waals surface area contributed by atoms with E-state index in [1.54, 1.807) is 0 Å². The largest absolute Gasteiger partial charge is 0.468 e. The Morgan fingerprint density at radius 1 is 1.42 bits per heavy atom. The topological polar surface area (TPSA) is 42.4 Å². The number of carbonyl (C=O) groups is 1. The Morgan fingerprint density at radius 3 is 2.89 bits per heavy atom. The van der Waals surface area contributed by atoms with Crippen LogP contribution in [-0.4, -0.2) is 36.6 Å². The lowest BCUT2D eigenvalue weighted by Gasteiger charge is -2.16. The molecule has 1 aromatic heterocycles. The number of nitrogens with zero attached hydrogens (tertiary/aromatic N) is 2. The lowest BCUT2D eigenvalue weighted by atomic mass is 10.1. The first-order chi connectivity index (χ1) is 9.10. The maximum atomic E-state index is 11.2. The highest BCUT2D eigenvalue weighted by atomic mass is 35.5. The highest BCUT2D eigenvalue weighted by Crippen LogP contribution is 2.21. The standard InChI is InChI=1S/C14H15ClN2O2/c1-17(9-13(18)19-2)8-11-7-10-5-3-4-6-12(10)16-14(11)15/h3-7H,8-9H2,1-2H3. The molecule has 0 aliphatic carbocycles. The van der Waals surface area contributed by atoms with E-state index in [0.717, 1.165) is 16.5 Å². The van der Waals surface area contributed by atoms with Crippen molar-refractivity contribution in [1.29, 1.82) is 0 Å². The first kappa shape index (κ1) is 13.8. The van der Waals surface area contributed by atoms with Crippen LogP contribution < -0.4 is 0 Å². The summed E-state index contributed by atoms with van der Waals surface area (Å²) in [6.07, 6.45) is 0. The van der Waals surface area contributed by atoms with E-state index in [1.165, 1.54) is 7.11 Å². The molecule has 0 aliphatic rings. The average molecular weight is 279 g/mol. The number of aromatic nitrogens is 1.